The molecule has 1 aliphatic heterocycles. The maximum Gasteiger partial charge on any atom is 0.164 e. The average molecular weight is 604 g/mol. The number of aromatic nitrogens is 3. The Balaban J connectivity index is 1.16. The Morgan fingerprint density at radius 2 is 1.04 bits per heavy atom. The summed E-state index contributed by atoms with van der Waals surface area (Å²) in [6, 6.07) is 50.4. The monoisotopic (exact) mass is 603 g/mol. The molecule has 0 fully saturated rings. The lowest BCUT2D eigenvalue weighted by Gasteiger charge is -2.22. The van der Waals surface area contributed by atoms with E-state index in [-0.39, 0.29) is 12.0 Å². The highest BCUT2D eigenvalue weighted by Crippen LogP contribution is 2.51. The van der Waals surface area contributed by atoms with E-state index >= 15 is 0 Å². The topological polar surface area (TPSA) is 47.9 Å². The second-order valence-electron chi connectivity index (χ2n) is 11.9. The summed E-state index contributed by atoms with van der Waals surface area (Å²) < 4.78 is 6.78. The third kappa shape index (κ3) is 4.82. The van der Waals surface area contributed by atoms with E-state index < -0.39 is 0 Å². The Labute approximate surface area is 273 Å². The summed E-state index contributed by atoms with van der Waals surface area (Å²) in [6.07, 6.45) is 6.19. The van der Waals surface area contributed by atoms with Gasteiger partial charge in [-0.25, -0.2) is 15.0 Å². The largest absolute Gasteiger partial charge is 0.484 e. The fraction of sp³-hybridized carbons (Fsp3) is 0.0465. The van der Waals surface area contributed by atoms with Crippen molar-refractivity contribution < 1.29 is 4.74 Å². The van der Waals surface area contributed by atoms with Crippen LogP contribution in [0.25, 0.3) is 61.4 Å². The van der Waals surface area contributed by atoms with Crippen LogP contribution in [0.1, 0.15) is 17.3 Å². The van der Waals surface area contributed by atoms with Gasteiger partial charge in [-0.15, -0.1) is 0 Å². The van der Waals surface area contributed by atoms with E-state index in [1.165, 1.54) is 21.9 Å². The Hall–Kier alpha value is -6.13. The molecule has 6 aromatic carbocycles. The van der Waals surface area contributed by atoms with Gasteiger partial charge in [0.05, 0.1) is 5.92 Å². The molecule has 0 radical (unpaired) electrons. The molecule has 1 aliphatic carbocycles. The predicted octanol–water partition coefficient (Wildman–Crippen LogP) is 10.2. The highest BCUT2D eigenvalue weighted by molar-refractivity contribution is 5.98. The summed E-state index contributed by atoms with van der Waals surface area (Å²) in [6.45, 7) is 0. The van der Waals surface area contributed by atoms with Gasteiger partial charge in [-0.1, -0.05) is 158 Å². The maximum absolute atomic E-state index is 6.78. The molecule has 0 bridgehead atoms. The number of para-hydroxylation sites is 1. The van der Waals surface area contributed by atoms with E-state index in [2.05, 4.69) is 127 Å². The van der Waals surface area contributed by atoms with Crippen molar-refractivity contribution in [3.63, 3.8) is 0 Å². The molecule has 2 unspecified atom stereocenters. The smallest absolute Gasteiger partial charge is 0.164 e. The van der Waals surface area contributed by atoms with Crippen molar-refractivity contribution in [1.29, 1.82) is 0 Å². The van der Waals surface area contributed by atoms with Gasteiger partial charge in [-0.05, 0) is 33.5 Å². The molecule has 47 heavy (non-hydrogen) atoms. The minimum absolute atomic E-state index is 0.0516. The van der Waals surface area contributed by atoms with Crippen molar-refractivity contribution in [3.8, 4) is 50.8 Å². The van der Waals surface area contributed by atoms with Crippen molar-refractivity contribution in [2.45, 2.75) is 12.0 Å². The minimum atomic E-state index is -0.160. The molecule has 4 nitrogen and oxygen atoms in total. The first kappa shape index (κ1) is 27.2. The Kier molecular flexibility index (Phi) is 6.57. The van der Waals surface area contributed by atoms with Gasteiger partial charge in [0, 0.05) is 27.8 Å². The van der Waals surface area contributed by atoms with Gasteiger partial charge in [0.25, 0.3) is 0 Å². The summed E-state index contributed by atoms with van der Waals surface area (Å²) in [7, 11) is 0. The van der Waals surface area contributed by atoms with Crippen molar-refractivity contribution in [3.05, 3.63) is 175 Å². The standard InChI is InChI=1S/C43H29N3O/c1-3-12-28(13-4-1)29-24-26-32(27-25-29)42-44-41(31-15-5-2-6-16-31)45-43(46-42)37-22-11-23-38-39(37)36-21-10-20-35(40(36)47-38)34-19-9-17-30-14-7-8-18-33(30)34/h1-27,38-39H. The van der Waals surface area contributed by atoms with Crippen LogP contribution in [0.5, 0.6) is 5.75 Å². The van der Waals surface area contributed by atoms with Gasteiger partial charge in [0.1, 0.15) is 11.9 Å². The van der Waals surface area contributed by atoms with E-state index in [1.54, 1.807) is 0 Å². The molecule has 0 N–H and O–H groups in total. The lowest BCUT2D eigenvalue weighted by Crippen LogP contribution is -2.20. The summed E-state index contributed by atoms with van der Waals surface area (Å²) in [4.78, 5) is 15.2. The zero-order valence-electron chi connectivity index (χ0n) is 25.5. The van der Waals surface area contributed by atoms with Gasteiger partial charge in [0.2, 0.25) is 0 Å². The second kappa shape index (κ2) is 11.3. The van der Waals surface area contributed by atoms with Crippen LogP contribution in [-0.2, 0) is 0 Å². The highest BCUT2D eigenvalue weighted by atomic mass is 16.5. The summed E-state index contributed by atoms with van der Waals surface area (Å²) in [5.74, 6) is 2.82. The Bertz CT molecular complexity index is 2320. The minimum Gasteiger partial charge on any atom is -0.484 e. The van der Waals surface area contributed by atoms with Crippen LogP contribution in [0.15, 0.2) is 164 Å². The second-order valence-corrected chi connectivity index (χ2v) is 11.9. The number of ether oxygens (including phenoxy) is 1. The van der Waals surface area contributed by atoms with Crippen LogP contribution < -0.4 is 4.74 Å². The molecule has 0 amide bonds. The average Bonchev–Trinajstić information content (AvgIpc) is 3.55. The van der Waals surface area contributed by atoms with Crippen molar-refractivity contribution in [2.75, 3.05) is 0 Å². The first-order valence-corrected chi connectivity index (χ1v) is 15.9. The molecule has 0 saturated carbocycles. The van der Waals surface area contributed by atoms with Gasteiger partial charge < -0.3 is 4.74 Å². The number of allylic oxidation sites excluding steroid dienone is 2. The molecule has 9 rings (SSSR count). The fourth-order valence-electron chi connectivity index (χ4n) is 6.86. The SMILES string of the molecule is C1=CC2Oc3c(-c4cccc5ccccc45)cccc3C2C(c2nc(-c3ccccc3)nc(-c3ccc(-c4ccccc4)cc3)n2)=C1. The fourth-order valence-corrected chi connectivity index (χ4v) is 6.86. The zero-order chi connectivity index (χ0) is 31.2. The number of hydrogen-bond acceptors (Lipinski definition) is 4. The lowest BCUT2D eigenvalue weighted by molar-refractivity contribution is 0.272. The summed E-state index contributed by atoms with van der Waals surface area (Å²) in [5, 5.41) is 2.42. The number of fused-ring (bicyclic) bond motifs is 4. The van der Waals surface area contributed by atoms with Gasteiger partial charge >= 0.3 is 0 Å². The van der Waals surface area contributed by atoms with E-state index in [0.29, 0.717) is 17.5 Å². The molecule has 1 aromatic heterocycles. The maximum atomic E-state index is 6.78. The van der Waals surface area contributed by atoms with Gasteiger partial charge in [-0.3, -0.25) is 0 Å². The van der Waals surface area contributed by atoms with E-state index in [4.69, 9.17) is 19.7 Å². The molecule has 0 spiro atoms. The zero-order valence-corrected chi connectivity index (χ0v) is 25.5. The third-order valence-electron chi connectivity index (χ3n) is 9.13. The van der Waals surface area contributed by atoms with Crippen LogP contribution in [-0.4, -0.2) is 21.1 Å². The first-order valence-electron chi connectivity index (χ1n) is 15.9. The predicted molar refractivity (Wildman–Crippen MR) is 190 cm³/mol. The summed E-state index contributed by atoms with van der Waals surface area (Å²) in [5.41, 5.74) is 8.64. The van der Waals surface area contributed by atoms with Crippen molar-refractivity contribution >= 4 is 16.3 Å². The van der Waals surface area contributed by atoms with Crippen LogP contribution in [0, 0.1) is 0 Å². The Morgan fingerprint density at radius 3 is 1.83 bits per heavy atom. The normalized spacial score (nSPS) is 16.3. The molecular weight excluding hydrogens is 574 g/mol. The van der Waals surface area contributed by atoms with E-state index in [1.807, 2.05) is 36.4 Å². The number of hydrogen-bond donors (Lipinski definition) is 0. The van der Waals surface area contributed by atoms with Crippen LogP contribution in [0.3, 0.4) is 0 Å². The summed E-state index contributed by atoms with van der Waals surface area (Å²) >= 11 is 0. The lowest BCUT2D eigenvalue weighted by atomic mass is 9.83. The van der Waals surface area contributed by atoms with E-state index in [9.17, 15) is 0 Å². The molecule has 222 valence electrons. The molecule has 2 aliphatic rings. The molecule has 2 atom stereocenters. The van der Waals surface area contributed by atoms with Crippen LogP contribution in [0.4, 0.5) is 0 Å². The van der Waals surface area contributed by atoms with Crippen molar-refractivity contribution in [2.24, 2.45) is 0 Å². The molecule has 4 heteroatoms. The highest BCUT2D eigenvalue weighted by Gasteiger charge is 2.40. The number of benzene rings is 6. The number of rotatable bonds is 5. The molecule has 0 saturated heterocycles. The van der Waals surface area contributed by atoms with Crippen LogP contribution in [0.2, 0.25) is 0 Å². The quantitative estimate of drug-likeness (QED) is 0.196. The molecular formula is C43H29N3O. The molecule has 2 heterocycles. The number of nitrogens with zero attached hydrogens (tertiary/aromatic N) is 3. The van der Waals surface area contributed by atoms with E-state index in [0.717, 1.165) is 39.1 Å². The van der Waals surface area contributed by atoms with Gasteiger partial charge in [-0.2, -0.15) is 0 Å². The molecule has 7 aromatic rings. The van der Waals surface area contributed by atoms with Crippen molar-refractivity contribution in [1.82, 2.24) is 15.0 Å². The Morgan fingerprint density at radius 1 is 0.468 bits per heavy atom. The van der Waals surface area contributed by atoms with Crippen LogP contribution >= 0.6 is 0 Å². The van der Waals surface area contributed by atoms with Gasteiger partial charge in [0.15, 0.2) is 17.5 Å². The third-order valence-corrected chi connectivity index (χ3v) is 9.13. The first-order chi connectivity index (χ1) is 23.3.